The van der Waals surface area contributed by atoms with Gasteiger partial charge in [0.25, 0.3) is 0 Å². The molecule has 2 heterocycles. The van der Waals surface area contributed by atoms with Crippen molar-refractivity contribution in [1.29, 1.82) is 0 Å². The fourth-order valence-electron chi connectivity index (χ4n) is 3.03. The fraction of sp³-hybridized carbons (Fsp3) is 0.250. The first-order chi connectivity index (χ1) is 13.0. The summed E-state index contributed by atoms with van der Waals surface area (Å²) in [6, 6.07) is 6.12. The number of pyridine rings is 1. The Morgan fingerprint density at radius 3 is 2.70 bits per heavy atom. The standard InChI is InChI=1S/C20H19FN2O4/c1-4-15-16(19(24)26-3)11(2)17(23-15)20(25)27-10-12-7-8-14(21)13-6-5-9-22-18(12)13/h5-9,23H,4,10H2,1-3H3. The maximum Gasteiger partial charge on any atom is 0.355 e. The maximum atomic E-state index is 13.9. The number of fused-ring (bicyclic) bond motifs is 1. The molecular weight excluding hydrogens is 351 g/mol. The molecule has 27 heavy (non-hydrogen) atoms. The molecule has 0 bridgehead atoms. The van der Waals surface area contributed by atoms with Crippen molar-refractivity contribution in [1.82, 2.24) is 9.97 Å². The number of ether oxygens (including phenoxy) is 2. The van der Waals surface area contributed by atoms with Crippen LogP contribution in [-0.2, 0) is 22.5 Å². The van der Waals surface area contributed by atoms with Crippen LogP contribution in [0.25, 0.3) is 10.9 Å². The summed E-state index contributed by atoms with van der Waals surface area (Å²) in [5, 5.41) is 0.364. The summed E-state index contributed by atoms with van der Waals surface area (Å²) in [6.07, 6.45) is 2.09. The van der Waals surface area contributed by atoms with Gasteiger partial charge < -0.3 is 14.5 Å². The molecule has 0 aliphatic heterocycles. The van der Waals surface area contributed by atoms with Crippen molar-refractivity contribution in [3.05, 3.63) is 64.4 Å². The minimum atomic E-state index is -0.606. The van der Waals surface area contributed by atoms with E-state index < -0.39 is 11.9 Å². The normalized spacial score (nSPS) is 10.8. The van der Waals surface area contributed by atoms with Crippen LogP contribution >= 0.6 is 0 Å². The Morgan fingerprint density at radius 2 is 2.00 bits per heavy atom. The number of aromatic amines is 1. The van der Waals surface area contributed by atoms with Crippen LogP contribution in [-0.4, -0.2) is 29.0 Å². The van der Waals surface area contributed by atoms with Crippen LogP contribution in [0, 0.1) is 12.7 Å². The number of nitrogens with zero attached hydrogens (tertiary/aromatic N) is 1. The number of H-pyrrole nitrogens is 1. The molecule has 3 aromatic rings. The number of carbonyl (C=O) groups excluding carboxylic acids is 2. The molecule has 0 radical (unpaired) electrons. The zero-order valence-corrected chi connectivity index (χ0v) is 15.3. The van der Waals surface area contributed by atoms with E-state index in [9.17, 15) is 14.0 Å². The fourth-order valence-corrected chi connectivity index (χ4v) is 3.03. The Morgan fingerprint density at radius 1 is 1.22 bits per heavy atom. The summed E-state index contributed by atoms with van der Waals surface area (Å²) in [5.74, 6) is -1.50. The molecule has 0 saturated heterocycles. The van der Waals surface area contributed by atoms with Crippen molar-refractivity contribution in [3.63, 3.8) is 0 Å². The lowest BCUT2D eigenvalue weighted by molar-refractivity contribution is 0.0467. The smallest absolute Gasteiger partial charge is 0.355 e. The number of carbonyl (C=O) groups is 2. The second kappa shape index (κ2) is 7.57. The number of hydrogen-bond acceptors (Lipinski definition) is 5. The van der Waals surface area contributed by atoms with Crippen LogP contribution in [0.3, 0.4) is 0 Å². The Labute approximate surface area is 155 Å². The highest BCUT2D eigenvalue weighted by molar-refractivity contribution is 5.98. The zero-order valence-electron chi connectivity index (χ0n) is 15.3. The van der Waals surface area contributed by atoms with Gasteiger partial charge in [-0.2, -0.15) is 0 Å². The number of aryl methyl sites for hydroxylation is 1. The lowest BCUT2D eigenvalue weighted by atomic mass is 10.1. The number of nitrogens with one attached hydrogen (secondary N) is 1. The molecule has 1 N–H and O–H groups in total. The van der Waals surface area contributed by atoms with Crippen LogP contribution < -0.4 is 0 Å². The number of rotatable bonds is 5. The third-order valence-electron chi connectivity index (χ3n) is 4.43. The summed E-state index contributed by atoms with van der Waals surface area (Å²) >= 11 is 0. The van der Waals surface area contributed by atoms with Gasteiger partial charge in [-0.25, -0.2) is 14.0 Å². The number of hydrogen-bond donors (Lipinski definition) is 1. The zero-order chi connectivity index (χ0) is 19.6. The summed E-state index contributed by atoms with van der Waals surface area (Å²) in [4.78, 5) is 31.6. The molecule has 0 amide bonds. The molecule has 6 nitrogen and oxygen atoms in total. The molecule has 140 valence electrons. The number of aromatic nitrogens is 2. The molecule has 0 unspecified atom stereocenters. The van der Waals surface area contributed by atoms with E-state index in [4.69, 9.17) is 9.47 Å². The third-order valence-corrected chi connectivity index (χ3v) is 4.43. The highest BCUT2D eigenvalue weighted by atomic mass is 19.1. The van der Waals surface area contributed by atoms with Gasteiger partial charge in [-0.3, -0.25) is 4.98 Å². The number of benzene rings is 1. The topological polar surface area (TPSA) is 81.3 Å². The van der Waals surface area contributed by atoms with E-state index in [0.717, 1.165) is 0 Å². The molecule has 2 aromatic heterocycles. The molecule has 0 atom stereocenters. The summed E-state index contributed by atoms with van der Waals surface area (Å²) < 4.78 is 24.1. The van der Waals surface area contributed by atoms with Crippen LogP contribution in [0.1, 0.15) is 44.6 Å². The molecule has 0 aliphatic rings. The van der Waals surface area contributed by atoms with E-state index >= 15 is 0 Å². The van der Waals surface area contributed by atoms with E-state index in [1.54, 1.807) is 25.3 Å². The monoisotopic (exact) mass is 370 g/mol. The Bertz CT molecular complexity index is 1030. The first-order valence-electron chi connectivity index (χ1n) is 8.46. The molecule has 0 spiro atoms. The predicted molar refractivity (Wildman–Crippen MR) is 97.1 cm³/mol. The summed E-state index contributed by atoms with van der Waals surface area (Å²) in [7, 11) is 1.29. The number of esters is 2. The van der Waals surface area contributed by atoms with Gasteiger partial charge >= 0.3 is 11.9 Å². The Balaban J connectivity index is 1.86. The van der Waals surface area contributed by atoms with Crippen LogP contribution in [0.15, 0.2) is 30.5 Å². The second-order valence-electron chi connectivity index (χ2n) is 6.01. The first kappa shape index (κ1) is 18.6. The average Bonchev–Trinajstić information content (AvgIpc) is 3.03. The predicted octanol–water partition coefficient (Wildman–Crippen LogP) is 3.72. The Hall–Kier alpha value is -3.22. The summed E-state index contributed by atoms with van der Waals surface area (Å²) in [6.45, 7) is 3.45. The average molecular weight is 370 g/mol. The molecule has 3 rings (SSSR count). The van der Waals surface area contributed by atoms with Crippen molar-refractivity contribution < 1.29 is 23.5 Å². The lowest BCUT2D eigenvalue weighted by Gasteiger charge is -2.08. The maximum absolute atomic E-state index is 13.9. The van der Waals surface area contributed by atoms with Gasteiger partial charge in [-0.1, -0.05) is 13.0 Å². The molecular formula is C20H19FN2O4. The first-order valence-corrected chi connectivity index (χ1v) is 8.46. The summed E-state index contributed by atoms with van der Waals surface area (Å²) in [5.41, 5.74) is 2.67. The van der Waals surface area contributed by atoms with Gasteiger partial charge in [-0.05, 0) is 37.1 Å². The van der Waals surface area contributed by atoms with Gasteiger partial charge in [0, 0.05) is 22.8 Å². The van der Waals surface area contributed by atoms with Gasteiger partial charge in [0.2, 0.25) is 0 Å². The molecule has 0 fully saturated rings. The molecule has 0 saturated carbocycles. The highest BCUT2D eigenvalue weighted by Crippen LogP contribution is 2.23. The van der Waals surface area contributed by atoms with Gasteiger partial charge in [0.05, 0.1) is 18.2 Å². The van der Waals surface area contributed by atoms with E-state index in [0.29, 0.717) is 39.7 Å². The highest BCUT2D eigenvalue weighted by Gasteiger charge is 2.24. The van der Waals surface area contributed by atoms with Gasteiger partial charge in [0.1, 0.15) is 18.1 Å². The van der Waals surface area contributed by atoms with Crippen LogP contribution in [0.4, 0.5) is 4.39 Å². The molecule has 7 heteroatoms. The van der Waals surface area contributed by atoms with E-state index in [-0.39, 0.29) is 18.1 Å². The quantitative estimate of drug-likeness (QED) is 0.693. The SMILES string of the molecule is CCc1[nH]c(C(=O)OCc2ccc(F)c3cccnc23)c(C)c1C(=O)OC. The lowest BCUT2D eigenvalue weighted by Crippen LogP contribution is -2.09. The van der Waals surface area contributed by atoms with E-state index in [2.05, 4.69) is 9.97 Å². The van der Waals surface area contributed by atoms with Crippen molar-refractivity contribution in [2.75, 3.05) is 7.11 Å². The van der Waals surface area contributed by atoms with Crippen molar-refractivity contribution in [2.24, 2.45) is 0 Å². The van der Waals surface area contributed by atoms with Crippen molar-refractivity contribution >= 4 is 22.8 Å². The van der Waals surface area contributed by atoms with Crippen molar-refractivity contribution in [2.45, 2.75) is 26.9 Å². The third kappa shape index (κ3) is 3.40. The van der Waals surface area contributed by atoms with Crippen LogP contribution in [0.2, 0.25) is 0 Å². The van der Waals surface area contributed by atoms with Gasteiger partial charge in [-0.15, -0.1) is 0 Å². The van der Waals surface area contributed by atoms with Crippen LogP contribution in [0.5, 0.6) is 0 Å². The minimum absolute atomic E-state index is 0.0693. The van der Waals surface area contributed by atoms with E-state index in [1.165, 1.54) is 19.2 Å². The van der Waals surface area contributed by atoms with Gasteiger partial charge in [0.15, 0.2) is 0 Å². The number of methoxy groups -OCH3 is 1. The van der Waals surface area contributed by atoms with Crippen molar-refractivity contribution in [3.8, 4) is 0 Å². The number of halogens is 1. The Kier molecular flexibility index (Phi) is 5.21. The molecule has 1 aromatic carbocycles. The minimum Gasteiger partial charge on any atom is -0.465 e. The molecule has 0 aliphatic carbocycles. The van der Waals surface area contributed by atoms with E-state index in [1.807, 2.05) is 6.92 Å². The second-order valence-corrected chi connectivity index (χ2v) is 6.01. The largest absolute Gasteiger partial charge is 0.465 e.